The van der Waals surface area contributed by atoms with Gasteiger partial charge in [0.15, 0.2) is 0 Å². The van der Waals surface area contributed by atoms with E-state index in [0.29, 0.717) is 5.58 Å². The van der Waals surface area contributed by atoms with Crippen molar-refractivity contribution in [2.45, 2.75) is 26.7 Å². The molecule has 4 heteroatoms. The van der Waals surface area contributed by atoms with Crippen molar-refractivity contribution in [2.24, 2.45) is 5.18 Å². The van der Waals surface area contributed by atoms with E-state index in [0.717, 1.165) is 29.4 Å². The van der Waals surface area contributed by atoms with E-state index in [-0.39, 0.29) is 11.3 Å². The van der Waals surface area contributed by atoms with Crippen LogP contribution in [-0.2, 0) is 6.42 Å². The van der Waals surface area contributed by atoms with Crippen LogP contribution < -0.4 is 5.63 Å². The van der Waals surface area contributed by atoms with Gasteiger partial charge in [-0.3, -0.25) is 0 Å². The fraction of sp³-hybridized carbons (Fsp3) is 0.308. The third kappa shape index (κ3) is 2.11. The summed E-state index contributed by atoms with van der Waals surface area (Å²) in [5, 5.41) is 3.79. The molecule has 0 spiro atoms. The molecule has 1 heterocycles. The highest BCUT2D eigenvalue weighted by Gasteiger charge is 2.09. The summed E-state index contributed by atoms with van der Waals surface area (Å²) >= 11 is 0. The SMILES string of the molecule is CCCc1cc(=O)oc2cc(N=O)cc(C)c12. The third-order valence-electron chi connectivity index (χ3n) is 2.73. The Bertz CT molecular complexity index is 628. The van der Waals surface area contributed by atoms with Crippen molar-refractivity contribution < 1.29 is 4.42 Å². The lowest BCUT2D eigenvalue weighted by Crippen LogP contribution is -2.01. The van der Waals surface area contributed by atoms with Crippen LogP contribution >= 0.6 is 0 Å². The molecule has 0 aliphatic heterocycles. The molecule has 2 rings (SSSR count). The quantitative estimate of drug-likeness (QED) is 0.600. The average molecular weight is 231 g/mol. The molecule has 17 heavy (non-hydrogen) atoms. The number of hydrogen-bond donors (Lipinski definition) is 0. The first kappa shape index (κ1) is 11.5. The van der Waals surface area contributed by atoms with Gasteiger partial charge < -0.3 is 4.42 Å². The number of nitroso groups, excluding NO2 is 1. The van der Waals surface area contributed by atoms with Crippen molar-refractivity contribution in [1.29, 1.82) is 0 Å². The molecule has 1 aromatic carbocycles. The molecule has 0 unspecified atom stereocenters. The first-order chi connectivity index (χ1) is 8.15. The van der Waals surface area contributed by atoms with Crippen molar-refractivity contribution in [3.63, 3.8) is 0 Å². The predicted octanol–water partition coefficient (Wildman–Crippen LogP) is 3.45. The monoisotopic (exact) mass is 231 g/mol. The topological polar surface area (TPSA) is 59.6 Å². The Kier molecular flexibility index (Phi) is 3.04. The summed E-state index contributed by atoms with van der Waals surface area (Å²) < 4.78 is 5.12. The summed E-state index contributed by atoms with van der Waals surface area (Å²) in [6.07, 6.45) is 1.77. The van der Waals surface area contributed by atoms with Crippen LogP contribution in [0, 0.1) is 11.8 Å². The highest BCUT2D eigenvalue weighted by Crippen LogP contribution is 2.27. The minimum atomic E-state index is -0.386. The van der Waals surface area contributed by atoms with Crippen molar-refractivity contribution in [1.82, 2.24) is 0 Å². The highest BCUT2D eigenvalue weighted by molar-refractivity contribution is 5.86. The van der Waals surface area contributed by atoms with E-state index in [1.165, 1.54) is 12.1 Å². The molecule has 88 valence electrons. The minimum Gasteiger partial charge on any atom is -0.423 e. The number of aryl methyl sites for hydroxylation is 2. The average Bonchev–Trinajstić information content (AvgIpc) is 2.27. The zero-order chi connectivity index (χ0) is 12.4. The molecule has 0 fully saturated rings. The third-order valence-corrected chi connectivity index (χ3v) is 2.73. The van der Waals surface area contributed by atoms with Crippen LogP contribution in [0.3, 0.4) is 0 Å². The van der Waals surface area contributed by atoms with Gasteiger partial charge in [0, 0.05) is 17.5 Å². The van der Waals surface area contributed by atoms with E-state index in [1.807, 2.05) is 6.92 Å². The van der Waals surface area contributed by atoms with E-state index in [4.69, 9.17) is 4.42 Å². The minimum absolute atomic E-state index is 0.284. The summed E-state index contributed by atoms with van der Waals surface area (Å²) in [4.78, 5) is 21.9. The van der Waals surface area contributed by atoms with E-state index in [9.17, 15) is 9.70 Å². The first-order valence-electron chi connectivity index (χ1n) is 5.56. The molecule has 4 nitrogen and oxygen atoms in total. The molecule has 0 atom stereocenters. The number of rotatable bonds is 3. The summed E-state index contributed by atoms with van der Waals surface area (Å²) in [6, 6.07) is 4.73. The van der Waals surface area contributed by atoms with Gasteiger partial charge in [-0.05, 0) is 35.7 Å². The van der Waals surface area contributed by atoms with Gasteiger partial charge in [-0.25, -0.2) is 4.79 Å². The largest absolute Gasteiger partial charge is 0.423 e. The Balaban J connectivity index is 2.83. The molecular formula is C13H13NO3. The van der Waals surface area contributed by atoms with Crippen molar-refractivity contribution in [3.05, 3.63) is 44.7 Å². The number of nitrogens with zero attached hydrogens (tertiary/aromatic N) is 1. The molecule has 0 saturated carbocycles. The molecular weight excluding hydrogens is 218 g/mol. The fourth-order valence-electron chi connectivity index (χ4n) is 2.10. The van der Waals surface area contributed by atoms with Crippen LogP contribution in [0.4, 0.5) is 5.69 Å². The first-order valence-corrected chi connectivity index (χ1v) is 5.56. The second-order valence-electron chi connectivity index (χ2n) is 4.07. The van der Waals surface area contributed by atoms with Gasteiger partial charge in [-0.15, -0.1) is 4.91 Å². The van der Waals surface area contributed by atoms with Crippen LogP contribution in [0.2, 0.25) is 0 Å². The van der Waals surface area contributed by atoms with Gasteiger partial charge in [0.25, 0.3) is 0 Å². The Hall–Kier alpha value is -1.97. The number of hydrogen-bond acceptors (Lipinski definition) is 4. The molecule has 0 N–H and O–H groups in total. The maximum absolute atomic E-state index is 11.4. The Morgan fingerprint density at radius 1 is 1.29 bits per heavy atom. The summed E-state index contributed by atoms with van der Waals surface area (Å²) in [5.74, 6) is 0. The van der Waals surface area contributed by atoms with E-state index >= 15 is 0 Å². The summed E-state index contributed by atoms with van der Waals surface area (Å²) in [6.45, 7) is 3.94. The Morgan fingerprint density at radius 2 is 2.06 bits per heavy atom. The van der Waals surface area contributed by atoms with Crippen molar-refractivity contribution in [3.8, 4) is 0 Å². The predicted molar refractivity (Wildman–Crippen MR) is 66.7 cm³/mol. The second-order valence-corrected chi connectivity index (χ2v) is 4.07. The van der Waals surface area contributed by atoms with E-state index < -0.39 is 0 Å². The molecule has 0 radical (unpaired) electrons. The zero-order valence-electron chi connectivity index (χ0n) is 9.82. The van der Waals surface area contributed by atoms with Gasteiger partial charge >= 0.3 is 5.63 Å². The van der Waals surface area contributed by atoms with Crippen LogP contribution in [0.15, 0.2) is 32.6 Å². The lowest BCUT2D eigenvalue weighted by molar-refractivity contribution is 0.558. The normalized spacial score (nSPS) is 10.7. The van der Waals surface area contributed by atoms with Crippen LogP contribution in [0.5, 0.6) is 0 Å². The highest BCUT2D eigenvalue weighted by atomic mass is 16.4. The maximum atomic E-state index is 11.4. The smallest absolute Gasteiger partial charge is 0.336 e. The maximum Gasteiger partial charge on any atom is 0.336 e. The van der Waals surface area contributed by atoms with Crippen LogP contribution in [-0.4, -0.2) is 0 Å². The molecule has 0 aliphatic carbocycles. The van der Waals surface area contributed by atoms with Crippen LogP contribution in [0.1, 0.15) is 24.5 Å². The molecule has 0 amide bonds. The zero-order valence-corrected chi connectivity index (χ0v) is 9.82. The Morgan fingerprint density at radius 3 is 2.71 bits per heavy atom. The van der Waals surface area contributed by atoms with Gasteiger partial charge in [-0.2, -0.15) is 0 Å². The number of benzene rings is 1. The molecule has 2 aromatic rings. The Labute approximate surface area is 98.2 Å². The van der Waals surface area contributed by atoms with Crippen LogP contribution in [0.25, 0.3) is 11.0 Å². The van der Waals surface area contributed by atoms with Crippen molar-refractivity contribution >= 4 is 16.7 Å². The fourth-order valence-corrected chi connectivity index (χ4v) is 2.10. The lowest BCUT2D eigenvalue weighted by Gasteiger charge is -2.07. The van der Waals surface area contributed by atoms with Gasteiger partial charge in [0.1, 0.15) is 11.3 Å². The van der Waals surface area contributed by atoms with Gasteiger partial charge in [-0.1, -0.05) is 13.3 Å². The molecule has 0 aliphatic rings. The summed E-state index contributed by atoms with van der Waals surface area (Å²) in [7, 11) is 0. The van der Waals surface area contributed by atoms with Gasteiger partial charge in [0.2, 0.25) is 0 Å². The molecule has 0 saturated heterocycles. The number of fused-ring (bicyclic) bond motifs is 1. The molecule has 0 bridgehead atoms. The van der Waals surface area contributed by atoms with E-state index in [1.54, 1.807) is 6.07 Å². The summed E-state index contributed by atoms with van der Waals surface area (Å²) in [5.41, 5.74) is 2.21. The van der Waals surface area contributed by atoms with E-state index in [2.05, 4.69) is 12.1 Å². The lowest BCUT2D eigenvalue weighted by atomic mass is 10.0. The molecule has 1 aromatic heterocycles. The van der Waals surface area contributed by atoms with Gasteiger partial charge in [0.05, 0.1) is 0 Å². The van der Waals surface area contributed by atoms with Crippen molar-refractivity contribution in [2.75, 3.05) is 0 Å². The second kappa shape index (κ2) is 4.49. The standard InChI is InChI=1S/C13H13NO3/c1-3-4-9-6-12(15)17-11-7-10(14-16)5-8(2)13(9)11/h5-7H,3-4H2,1-2H3.